The number of nitrogens with one attached hydrogen (secondary N) is 1. The van der Waals surface area contributed by atoms with Crippen LogP contribution in [0.15, 0.2) is 30.3 Å². The van der Waals surface area contributed by atoms with Crippen molar-refractivity contribution in [1.82, 2.24) is 5.32 Å². The van der Waals surface area contributed by atoms with Gasteiger partial charge in [0.1, 0.15) is 0 Å². The second kappa shape index (κ2) is 7.74. The van der Waals surface area contributed by atoms with Gasteiger partial charge >= 0.3 is 0 Å². The number of carbonyl (C=O) groups is 1. The van der Waals surface area contributed by atoms with E-state index in [-0.39, 0.29) is 17.9 Å². The van der Waals surface area contributed by atoms with E-state index >= 15 is 0 Å². The van der Waals surface area contributed by atoms with E-state index in [1.807, 2.05) is 38.1 Å². The van der Waals surface area contributed by atoms with Gasteiger partial charge in [0.05, 0.1) is 6.10 Å². The first-order valence-corrected chi connectivity index (χ1v) is 6.68. The number of carbonyl (C=O) groups excluding carboxylic acids is 1. The molecule has 0 saturated carbocycles. The molecule has 2 unspecified atom stereocenters. The van der Waals surface area contributed by atoms with Crippen molar-refractivity contribution in [3.05, 3.63) is 41.5 Å². The van der Waals surface area contributed by atoms with Gasteiger partial charge in [-0.25, -0.2) is 0 Å². The first-order valence-electron chi connectivity index (χ1n) is 6.68. The molecule has 1 amide bonds. The predicted octanol–water partition coefficient (Wildman–Crippen LogP) is 2.53. The van der Waals surface area contributed by atoms with E-state index in [2.05, 4.69) is 5.32 Å². The number of rotatable bonds is 6. The maximum absolute atomic E-state index is 11.6. The lowest BCUT2D eigenvalue weighted by Crippen LogP contribution is -2.27. The Bertz CT molecular complexity index is 421. The number of hydrogen-bond acceptors (Lipinski definition) is 2. The Morgan fingerprint density at radius 3 is 2.53 bits per heavy atom. The molecule has 0 heterocycles. The molecule has 3 heteroatoms. The molecule has 104 valence electrons. The molecule has 19 heavy (non-hydrogen) atoms. The van der Waals surface area contributed by atoms with Crippen LogP contribution in [0.3, 0.4) is 0 Å². The molecule has 0 bridgehead atoms. The van der Waals surface area contributed by atoms with Crippen molar-refractivity contribution < 1.29 is 9.90 Å². The average Bonchev–Trinajstić information content (AvgIpc) is 2.35. The van der Waals surface area contributed by atoms with Crippen molar-refractivity contribution in [3.8, 4) is 0 Å². The van der Waals surface area contributed by atoms with Gasteiger partial charge in [-0.2, -0.15) is 0 Å². The van der Waals surface area contributed by atoms with Crippen LogP contribution in [0.4, 0.5) is 0 Å². The maximum Gasteiger partial charge on any atom is 0.244 e. The van der Waals surface area contributed by atoms with E-state index < -0.39 is 0 Å². The van der Waals surface area contributed by atoms with Gasteiger partial charge < -0.3 is 10.4 Å². The Balaban J connectivity index is 2.36. The summed E-state index contributed by atoms with van der Waals surface area (Å²) in [6, 6.07) is 7.99. The molecule has 0 spiro atoms. The first kappa shape index (κ1) is 15.4. The molecule has 0 saturated heterocycles. The normalized spacial score (nSPS) is 14.3. The van der Waals surface area contributed by atoms with Crippen molar-refractivity contribution in [3.63, 3.8) is 0 Å². The first-order chi connectivity index (χ1) is 8.97. The van der Waals surface area contributed by atoms with E-state index in [9.17, 15) is 9.90 Å². The molecule has 0 aliphatic rings. The third-order valence-electron chi connectivity index (χ3n) is 2.87. The van der Waals surface area contributed by atoms with Crippen LogP contribution in [0, 0.1) is 12.8 Å². The third kappa shape index (κ3) is 6.77. The average molecular weight is 261 g/mol. The summed E-state index contributed by atoms with van der Waals surface area (Å²) in [6.45, 7) is 6.39. The topological polar surface area (TPSA) is 49.3 Å². The number of aryl methyl sites for hydroxylation is 1. The van der Waals surface area contributed by atoms with Crippen LogP contribution in [0.2, 0.25) is 0 Å². The Labute approximate surface area is 115 Å². The zero-order chi connectivity index (χ0) is 14.3. The molecule has 0 aliphatic carbocycles. The summed E-state index contributed by atoms with van der Waals surface area (Å²) in [6.07, 6.45) is 3.71. The van der Waals surface area contributed by atoms with Gasteiger partial charge in [-0.1, -0.05) is 36.8 Å². The molecular formula is C16H23NO2. The number of aliphatic hydroxyl groups excluding tert-OH is 1. The summed E-state index contributed by atoms with van der Waals surface area (Å²) in [5, 5.41) is 12.1. The lowest BCUT2D eigenvalue weighted by molar-refractivity contribution is -0.116. The summed E-state index contributed by atoms with van der Waals surface area (Å²) in [7, 11) is 0. The third-order valence-corrected chi connectivity index (χ3v) is 2.87. The molecule has 0 fully saturated rings. The molecule has 1 aromatic rings. The highest BCUT2D eigenvalue weighted by Crippen LogP contribution is 2.05. The SMILES string of the molecule is Cc1ccc(C=CC(=O)NCC(C)CC(C)O)cc1. The van der Waals surface area contributed by atoms with Gasteiger partial charge in [0.2, 0.25) is 5.91 Å². The molecule has 1 rings (SSSR count). The molecular weight excluding hydrogens is 238 g/mol. The monoisotopic (exact) mass is 261 g/mol. The lowest BCUT2D eigenvalue weighted by atomic mass is 10.0. The van der Waals surface area contributed by atoms with Gasteiger partial charge in [0.25, 0.3) is 0 Å². The van der Waals surface area contributed by atoms with E-state index in [1.54, 1.807) is 19.1 Å². The summed E-state index contributed by atoms with van der Waals surface area (Å²) >= 11 is 0. The largest absolute Gasteiger partial charge is 0.393 e. The summed E-state index contributed by atoms with van der Waals surface area (Å²) in [5.74, 6) is 0.176. The minimum Gasteiger partial charge on any atom is -0.393 e. The van der Waals surface area contributed by atoms with Crippen molar-refractivity contribution in [2.45, 2.75) is 33.3 Å². The highest BCUT2D eigenvalue weighted by atomic mass is 16.3. The van der Waals surface area contributed by atoms with E-state index in [0.717, 1.165) is 5.56 Å². The highest BCUT2D eigenvalue weighted by Gasteiger charge is 2.06. The van der Waals surface area contributed by atoms with Crippen LogP contribution in [0.1, 0.15) is 31.4 Å². The van der Waals surface area contributed by atoms with Crippen LogP contribution >= 0.6 is 0 Å². The Kier molecular flexibility index (Phi) is 6.30. The fraction of sp³-hybridized carbons (Fsp3) is 0.438. The van der Waals surface area contributed by atoms with Crippen molar-refractivity contribution in [2.24, 2.45) is 5.92 Å². The number of amides is 1. The van der Waals surface area contributed by atoms with Gasteiger partial charge in [0, 0.05) is 12.6 Å². The minimum absolute atomic E-state index is 0.0991. The van der Waals surface area contributed by atoms with Gasteiger partial charge in [-0.05, 0) is 37.8 Å². The summed E-state index contributed by atoms with van der Waals surface area (Å²) < 4.78 is 0. The Morgan fingerprint density at radius 2 is 1.95 bits per heavy atom. The number of aliphatic hydroxyl groups is 1. The Morgan fingerprint density at radius 1 is 1.32 bits per heavy atom. The van der Waals surface area contributed by atoms with E-state index in [4.69, 9.17) is 0 Å². The lowest BCUT2D eigenvalue weighted by Gasteiger charge is -2.13. The molecule has 0 aliphatic heterocycles. The van der Waals surface area contributed by atoms with Crippen molar-refractivity contribution in [1.29, 1.82) is 0 Å². The standard InChI is InChI=1S/C16H23NO2/c1-12-4-6-15(7-5-12)8-9-16(19)17-11-13(2)10-14(3)18/h4-9,13-14,18H,10-11H2,1-3H3,(H,17,19). The van der Waals surface area contributed by atoms with Crippen LogP contribution < -0.4 is 5.32 Å². The minimum atomic E-state index is -0.324. The zero-order valence-electron chi connectivity index (χ0n) is 11.9. The fourth-order valence-electron chi connectivity index (χ4n) is 1.85. The van der Waals surface area contributed by atoms with Gasteiger partial charge in [-0.15, -0.1) is 0 Å². The molecule has 0 aromatic heterocycles. The molecule has 2 atom stereocenters. The molecule has 2 N–H and O–H groups in total. The van der Waals surface area contributed by atoms with E-state index in [1.165, 1.54) is 5.56 Å². The molecule has 1 aromatic carbocycles. The second-order valence-electron chi connectivity index (χ2n) is 5.18. The van der Waals surface area contributed by atoms with Crippen molar-refractivity contribution >= 4 is 12.0 Å². The zero-order valence-corrected chi connectivity index (χ0v) is 11.9. The van der Waals surface area contributed by atoms with Crippen molar-refractivity contribution in [2.75, 3.05) is 6.54 Å². The number of hydrogen-bond donors (Lipinski definition) is 2. The van der Waals surface area contributed by atoms with Crippen LogP contribution in [0.5, 0.6) is 0 Å². The summed E-state index contributed by atoms with van der Waals surface area (Å²) in [5.41, 5.74) is 2.21. The Hall–Kier alpha value is -1.61. The quantitative estimate of drug-likeness (QED) is 0.773. The predicted molar refractivity (Wildman–Crippen MR) is 78.7 cm³/mol. The second-order valence-corrected chi connectivity index (χ2v) is 5.18. The van der Waals surface area contributed by atoms with E-state index in [0.29, 0.717) is 13.0 Å². The molecule has 0 radical (unpaired) electrons. The van der Waals surface area contributed by atoms with Crippen LogP contribution in [-0.2, 0) is 4.79 Å². The summed E-state index contributed by atoms with van der Waals surface area (Å²) in [4.78, 5) is 11.6. The fourth-order valence-corrected chi connectivity index (χ4v) is 1.85. The van der Waals surface area contributed by atoms with Crippen LogP contribution in [-0.4, -0.2) is 23.7 Å². The number of benzene rings is 1. The van der Waals surface area contributed by atoms with Gasteiger partial charge in [-0.3, -0.25) is 4.79 Å². The maximum atomic E-state index is 11.6. The highest BCUT2D eigenvalue weighted by molar-refractivity contribution is 5.91. The van der Waals surface area contributed by atoms with Gasteiger partial charge in [0.15, 0.2) is 0 Å². The van der Waals surface area contributed by atoms with Crippen LogP contribution in [0.25, 0.3) is 6.08 Å². The smallest absolute Gasteiger partial charge is 0.244 e. The molecule has 3 nitrogen and oxygen atoms in total.